The van der Waals surface area contributed by atoms with E-state index in [4.69, 9.17) is 25.8 Å². The topological polar surface area (TPSA) is 93.9 Å². The number of hydrogen-bond acceptors (Lipinski definition) is 8. The minimum absolute atomic E-state index is 0.0211. The highest BCUT2D eigenvalue weighted by Gasteiger charge is 2.55. The average Bonchev–Trinajstić information content (AvgIpc) is 2.90. The van der Waals surface area contributed by atoms with Gasteiger partial charge in [0, 0.05) is 18.0 Å². The van der Waals surface area contributed by atoms with Crippen LogP contribution in [0.15, 0.2) is 0 Å². The summed E-state index contributed by atoms with van der Waals surface area (Å²) in [6, 6.07) is 0. The first kappa shape index (κ1) is 12.5. The van der Waals surface area contributed by atoms with E-state index in [0.29, 0.717) is 0 Å². The molecule has 9 heteroatoms. The Kier molecular flexibility index (Phi) is 3.16. The van der Waals surface area contributed by atoms with Crippen molar-refractivity contribution in [1.82, 2.24) is 9.36 Å². The highest BCUT2D eigenvalue weighted by atomic mass is 35.5. The molecular formula is C9H11ClN2O5S. The van der Waals surface area contributed by atoms with Gasteiger partial charge in [-0.3, -0.25) is 0 Å². The van der Waals surface area contributed by atoms with Crippen molar-refractivity contribution in [1.29, 1.82) is 0 Å². The molecule has 0 radical (unpaired) electrons. The number of rotatable bonds is 3. The maximum absolute atomic E-state index is 10.0. The van der Waals surface area contributed by atoms with Gasteiger partial charge in [-0.25, -0.2) is 0 Å². The molecule has 1 aromatic heterocycles. The van der Waals surface area contributed by atoms with Gasteiger partial charge in [0.2, 0.25) is 5.28 Å². The highest BCUT2D eigenvalue weighted by Crippen LogP contribution is 2.37. The number of aromatic nitrogens is 2. The molecule has 3 rings (SSSR count). The summed E-state index contributed by atoms with van der Waals surface area (Å²) in [5, 5.41) is 20.1. The van der Waals surface area contributed by atoms with Gasteiger partial charge < -0.3 is 24.4 Å². The Morgan fingerprint density at radius 1 is 1.56 bits per heavy atom. The zero-order valence-corrected chi connectivity index (χ0v) is 10.7. The first-order valence-corrected chi connectivity index (χ1v) is 6.52. The van der Waals surface area contributed by atoms with Crippen molar-refractivity contribution in [2.45, 2.75) is 30.5 Å². The summed E-state index contributed by atoms with van der Waals surface area (Å²) >= 11 is 6.58. The Morgan fingerprint density at radius 3 is 3.11 bits per heavy atom. The lowest BCUT2D eigenvalue weighted by atomic mass is 9.91. The van der Waals surface area contributed by atoms with E-state index in [9.17, 15) is 10.2 Å². The second-order valence-electron chi connectivity index (χ2n) is 4.29. The summed E-state index contributed by atoms with van der Waals surface area (Å²) in [6.07, 6.45) is -2.18. The van der Waals surface area contributed by atoms with E-state index < -0.39 is 24.1 Å². The fraction of sp³-hybridized carbons (Fsp3) is 0.778. The quantitative estimate of drug-likeness (QED) is 0.798. The molecule has 3 heterocycles. The molecular weight excluding hydrogens is 284 g/mol. The molecule has 0 aromatic carbocycles. The summed E-state index contributed by atoms with van der Waals surface area (Å²) < 4.78 is 20.0. The van der Waals surface area contributed by atoms with Crippen LogP contribution in [0.4, 0.5) is 0 Å². The standard InChI is InChI=1S/C9H11ClN2O5S/c10-7-11-8(18-12-7)16-3-9-2-15-5(17-9)1-4(13)6(9)14/h4-6,13-14H,1-3H2/t4-,5+,6-,9-/m1/s1. The van der Waals surface area contributed by atoms with Gasteiger partial charge in [0.1, 0.15) is 12.7 Å². The molecule has 0 saturated carbocycles. The third-order valence-corrected chi connectivity index (χ3v) is 3.94. The van der Waals surface area contributed by atoms with Crippen molar-refractivity contribution < 1.29 is 24.4 Å². The molecule has 0 amide bonds. The molecule has 4 atom stereocenters. The number of hydrogen-bond donors (Lipinski definition) is 2. The summed E-state index contributed by atoms with van der Waals surface area (Å²) in [5.41, 5.74) is -1.06. The highest BCUT2D eigenvalue weighted by molar-refractivity contribution is 7.07. The number of fused-ring (bicyclic) bond motifs is 2. The van der Waals surface area contributed by atoms with Crippen LogP contribution in [0.3, 0.4) is 0 Å². The predicted molar refractivity (Wildman–Crippen MR) is 60.6 cm³/mol. The Balaban J connectivity index is 1.70. The Hall–Kier alpha value is -0.510. The first-order chi connectivity index (χ1) is 8.59. The fourth-order valence-electron chi connectivity index (χ4n) is 2.11. The second kappa shape index (κ2) is 4.55. The van der Waals surface area contributed by atoms with Crippen LogP contribution < -0.4 is 4.74 Å². The number of halogens is 1. The molecule has 2 fully saturated rings. The van der Waals surface area contributed by atoms with Crippen molar-refractivity contribution in [3.05, 3.63) is 5.28 Å². The van der Waals surface area contributed by atoms with Gasteiger partial charge in [-0.2, -0.15) is 9.36 Å². The molecule has 18 heavy (non-hydrogen) atoms. The van der Waals surface area contributed by atoms with Crippen LogP contribution in [0, 0.1) is 0 Å². The van der Waals surface area contributed by atoms with Crippen LogP contribution in [0.25, 0.3) is 0 Å². The van der Waals surface area contributed by atoms with Crippen molar-refractivity contribution in [2.75, 3.05) is 13.2 Å². The maximum atomic E-state index is 10.0. The van der Waals surface area contributed by atoms with Crippen molar-refractivity contribution in [2.24, 2.45) is 0 Å². The lowest BCUT2D eigenvalue weighted by Gasteiger charge is -2.37. The minimum atomic E-state index is -1.06. The second-order valence-corrected chi connectivity index (χ2v) is 5.34. The lowest BCUT2D eigenvalue weighted by molar-refractivity contribution is -0.217. The Labute approximate surface area is 111 Å². The number of aliphatic hydroxyl groups is 2. The molecule has 100 valence electrons. The molecule has 7 nitrogen and oxygen atoms in total. The van der Waals surface area contributed by atoms with E-state index in [-0.39, 0.29) is 30.1 Å². The number of nitrogens with zero attached hydrogens (tertiary/aromatic N) is 2. The smallest absolute Gasteiger partial charge is 0.294 e. The molecule has 0 unspecified atom stereocenters. The van der Waals surface area contributed by atoms with E-state index in [2.05, 4.69) is 9.36 Å². The van der Waals surface area contributed by atoms with Gasteiger partial charge in [0.25, 0.3) is 5.19 Å². The zero-order chi connectivity index (χ0) is 12.8. The van der Waals surface area contributed by atoms with E-state index in [1.165, 1.54) is 0 Å². The van der Waals surface area contributed by atoms with E-state index in [0.717, 1.165) is 11.5 Å². The zero-order valence-electron chi connectivity index (χ0n) is 9.15. The third kappa shape index (κ3) is 2.09. The normalized spacial score (nSPS) is 38.9. The van der Waals surface area contributed by atoms with Gasteiger partial charge in [-0.05, 0) is 11.6 Å². The van der Waals surface area contributed by atoms with Crippen LogP contribution in [0.1, 0.15) is 6.42 Å². The number of ether oxygens (including phenoxy) is 3. The Morgan fingerprint density at radius 2 is 2.39 bits per heavy atom. The molecule has 2 N–H and O–H groups in total. The molecule has 2 aliphatic rings. The monoisotopic (exact) mass is 294 g/mol. The molecule has 2 saturated heterocycles. The summed E-state index contributed by atoms with van der Waals surface area (Å²) in [4.78, 5) is 3.83. The molecule has 1 aromatic rings. The molecule has 0 aliphatic carbocycles. The van der Waals surface area contributed by atoms with E-state index in [1.54, 1.807) is 0 Å². The van der Waals surface area contributed by atoms with Crippen LogP contribution >= 0.6 is 23.1 Å². The van der Waals surface area contributed by atoms with Crippen molar-refractivity contribution >= 4 is 23.1 Å². The van der Waals surface area contributed by atoms with Crippen LogP contribution in [0.5, 0.6) is 5.19 Å². The lowest BCUT2D eigenvalue weighted by Crippen LogP contribution is -2.58. The van der Waals surface area contributed by atoms with Crippen molar-refractivity contribution in [3.63, 3.8) is 0 Å². The van der Waals surface area contributed by atoms with Gasteiger partial charge >= 0.3 is 0 Å². The largest absolute Gasteiger partial charge is 0.466 e. The maximum Gasteiger partial charge on any atom is 0.294 e. The van der Waals surface area contributed by atoms with Crippen LogP contribution in [-0.4, -0.2) is 56.9 Å². The summed E-state index contributed by atoms with van der Waals surface area (Å²) in [5.74, 6) is 0. The molecule has 2 bridgehead atoms. The van der Waals surface area contributed by atoms with Crippen LogP contribution in [0.2, 0.25) is 5.28 Å². The van der Waals surface area contributed by atoms with Crippen molar-refractivity contribution in [3.8, 4) is 5.19 Å². The predicted octanol–water partition coefficient (Wildman–Crippen LogP) is -0.193. The molecule has 0 spiro atoms. The van der Waals surface area contributed by atoms with Gasteiger partial charge in [-0.1, -0.05) is 0 Å². The third-order valence-electron chi connectivity index (χ3n) is 3.04. The number of aliphatic hydroxyl groups excluding tert-OH is 2. The molecule has 2 aliphatic heterocycles. The summed E-state index contributed by atoms with van der Waals surface area (Å²) in [6.45, 7) is 0.190. The van der Waals surface area contributed by atoms with E-state index >= 15 is 0 Å². The van der Waals surface area contributed by atoms with Crippen LogP contribution in [-0.2, 0) is 9.47 Å². The summed E-state index contributed by atoms with van der Waals surface area (Å²) in [7, 11) is 0. The average molecular weight is 295 g/mol. The van der Waals surface area contributed by atoms with Gasteiger partial charge in [0.05, 0.1) is 12.7 Å². The minimum Gasteiger partial charge on any atom is -0.466 e. The van der Waals surface area contributed by atoms with E-state index in [1.807, 2.05) is 0 Å². The Bertz CT molecular complexity index is 446. The van der Waals surface area contributed by atoms with Gasteiger partial charge in [0.15, 0.2) is 11.9 Å². The SMILES string of the molecule is O[C@@H]1C[C@H]2OC[C@](COc3nc(Cl)ns3)(O2)[C@@H]1O. The fourth-order valence-corrected chi connectivity index (χ4v) is 2.77. The van der Waals surface area contributed by atoms with Gasteiger partial charge in [-0.15, -0.1) is 0 Å². The first-order valence-electron chi connectivity index (χ1n) is 5.37.